The molecule has 0 aromatic heterocycles. The van der Waals surface area contributed by atoms with Crippen molar-refractivity contribution in [3.8, 4) is 33.4 Å². The average molecular weight is 740 g/mol. The van der Waals surface area contributed by atoms with Crippen molar-refractivity contribution in [2.24, 2.45) is 11.8 Å². The molecule has 1 heteroatoms. The summed E-state index contributed by atoms with van der Waals surface area (Å²) in [5, 5.41) is 2.55. The van der Waals surface area contributed by atoms with Crippen LogP contribution in [0.1, 0.15) is 106 Å². The van der Waals surface area contributed by atoms with Gasteiger partial charge in [0.25, 0.3) is 0 Å². The maximum Gasteiger partial charge on any atom is 0.0471 e. The molecule has 1 nitrogen and oxygen atoms in total. The number of rotatable bonds is 7. The molecule has 11 rings (SSSR count). The van der Waals surface area contributed by atoms with E-state index in [1.165, 1.54) is 136 Å². The van der Waals surface area contributed by atoms with Crippen LogP contribution in [0.2, 0.25) is 0 Å². The Hall–Kier alpha value is -5.40. The Labute approximate surface area is 339 Å². The summed E-state index contributed by atoms with van der Waals surface area (Å²) < 4.78 is 0. The van der Waals surface area contributed by atoms with Gasteiger partial charge in [0.2, 0.25) is 0 Å². The van der Waals surface area contributed by atoms with Gasteiger partial charge in [0, 0.05) is 22.5 Å². The fourth-order valence-corrected chi connectivity index (χ4v) is 11.7. The van der Waals surface area contributed by atoms with Crippen LogP contribution >= 0.6 is 0 Å². The third kappa shape index (κ3) is 6.05. The number of hydrogen-bond acceptors (Lipinski definition) is 1. The topological polar surface area (TPSA) is 3.24 Å². The molecule has 4 aliphatic rings. The summed E-state index contributed by atoms with van der Waals surface area (Å²) in [7, 11) is 0. The summed E-state index contributed by atoms with van der Waals surface area (Å²) in [6.45, 7) is 4.82. The third-order valence-corrected chi connectivity index (χ3v) is 14.7. The van der Waals surface area contributed by atoms with Gasteiger partial charge in [0.05, 0.1) is 0 Å². The summed E-state index contributed by atoms with van der Waals surface area (Å²) >= 11 is 0. The highest BCUT2D eigenvalue weighted by Gasteiger charge is 2.40. The van der Waals surface area contributed by atoms with Crippen LogP contribution in [0.25, 0.3) is 44.2 Å². The molecule has 7 aromatic rings. The van der Waals surface area contributed by atoms with Gasteiger partial charge in [-0.2, -0.15) is 0 Å². The SMILES string of the molecule is CC1(C)c2ccccc2-c2c(-c3ccc4ccccc4c3)cc(N(c3ccc(-c4ccc(C5CC6CCC5C6)cc4)cc3)c3ccc(C4CCCCC4)cc3)cc21. The van der Waals surface area contributed by atoms with Crippen molar-refractivity contribution < 1.29 is 0 Å². The Morgan fingerprint density at radius 3 is 1.84 bits per heavy atom. The molecule has 0 N–H and O–H groups in total. The molecule has 0 radical (unpaired) electrons. The van der Waals surface area contributed by atoms with E-state index in [9.17, 15) is 0 Å². The maximum absolute atomic E-state index is 2.51. The first-order chi connectivity index (χ1) is 28.0. The minimum Gasteiger partial charge on any atom is -0.310 e. The third-order valence-electron chi connectivity index (χ3n) is 14.7. The van der Waals surface area contributed by atoms with E-state index in [4.69, 9.17) is 0 Å². The number of nitrogens with zero attached hydrogens (tertiary/aromatic N) is 1. The Morgan fingerprint density at radius 2 is 1.12 bits per heavy atom. The molecule has 0 amide bonds. The zero-order chi connectivity index (χ0) is 38.1. The molecule has 3 atom stereocenters. The van der Waals surface area contributed by atoms with E-state index >= 15 is 0 Å². The van der Waals surface area contributed by atoms with Crippen LogP contribution in [0.4, 0.5) is 17.1 Å². The lowest BCUT2D eigenvalue weighted by molar-refractivity contribution is 0.420. The van der Waals surface area contributed by atoms with Crippen LogP contribution in [-0.4, -0.2) is 0 Å². The zero-order valence-corrected chi connectivity index (χ0v) is 33.6. The number of fused-ring (bicyclic) bond motifs is 6. The maximum atomic E-state index is 2.51. The van der Waals surface area contributed by atoms with Crippen molar-refractivity contribution >= 4 is 27.8 Å². The second kappa shape index (κ2) is 13.9. The van der Waals surface area contributed by atoms with Gasteiger partial charge in [0.15, 0.2) is 0 Å². The minimum absolute atomic E-state index is 0.141. The van der Waals surface area contributed by atoms with Crippen molar-refractivity contribution in [1.29, 1.82) is 0 Å². The van der Waals surface area contributed by atoms with Crippen molar-refractivity contribution in [2.75, 3.05) is 4.90 Å². The highest BCUT2D eigenvalue weighted by molar-refractivity contribution is 5.98. The van der Waals surface area contributed by atoms with Gasteiger partial charge in [0.1, 0.15) is 0 Å². The minimum atomic E-state index is -0.141. The monoisotopic (exact) mass is 739 g/mol. The smallest absolute Gasteiger partial charge is 0.0471 e. The van der Waals surface area contributed by atoms with E-state index in [-0.39, 0.29) is 5.41 Å². The van der Waals surface area contributed by atoms with E-state index in [1.54, 1.807) is 5.56 Å². The summed E-state index contributed by atoms with van der Waals surface area (Å²) in [5.74, 6) is 3.32. The first-order valence-electron chi connectivity index (χ1n) is 21.9. The average Bonchev–Trinajstić information content (AvgIpc) is 3.97. The Balaban J connectivity index is 1.03. The van der Waals surface area contributed by atoms with Crippen LogP contribution < -0.4 is 4.90 Å². The van der Waals surface area contributed by atoms with Gasteiger partial charge in [-0.15, -0.1) is 0 Å². The number of benzene rings is 7. The summed E-state index contributed by atoms with van der Waals surface area (Å²) in [4.78, 5) is 2.51. The summed E-state index contributed by atoms with van der Waals surface area (Å²) in [6, 6.07) is 58.4. The molecular formula is C56H53N. The van der Waals surface area contributed by atoms with Crippen LogP contribution in [0, 0.1) is 11.8 Å². The Kier molecular flexibility index (Phi) is 8.50. The molecule has 0 aliphatic heterocycles. The fraction of sp³-hybridized carbons (Fsp3) is 0.286. The van der Waals surface area contributed by atoms with E-state index in [0.717, 1.165) is 17.8 Å². The molecular weight excluding hydrogens is 687 g/mol. The Bertz CT molecular complexity index is 2590. The standard InChI is InChI=1S/C56H53N/c1-56(2)53-15-9-8-14-50(53)55-52(46-23-20-39-12-6-7-13-44(39)34-46)35-49(36-54(55)56)57(47-28-24-41(25-29-47)38-10-4-3-5-11-38)48-30-26-42(27-31-48)40-18-21-43(22-19-40)51-33-37-16-17-45(51)32-37/h6-9,12-15,18-31,34-38,45,51H,3-5,10-11,16-17,32-33H2,1-2H3. The molecule has 282 valence electrons. The molecule has 3 saturated carbocycles. The molecule has 3 fully saturated rings. The largest absolute Gasteiger partial charge is 0.310 e. The van der Waals surface area contributed by atoms with Gasteiger partial charge in [-0.25, -0.2) is 0 Å². The van der Waals surface area contributed by atoms with Crippen LogP contribution in [0.5, 0.6) is 0 Å². The quantitative estimate of drug-likeness (QED) is 0.157. The van der Waals surface area contributed by atoms with Gasteiger partial charge in [-0.05, 0) is 165 Å². The first kappa shape index (κ1) is 34.8. The molecule has 0 spiro atoms. The summed E-state index contributed by atoms with van der Waals surface area (Å²) in [5.41, 5.74) is 17.1. The van der Waals surface area contributed by atoms with E-state index in [2.05, 4.69) is 170 Å². The van der Waals surface area contributed by atoms with E-state index in [0.29, 0.717) is 5.92 Å². The second-order valence-corrected chi connectivity index (χ2v) is 18.4. The Morgan fingerprint density at radius 1 is 0.474 bits per heavy atom. The highest BCUT2D eigenvalue weighted by Crippen LogP contribution is 2.55. The first-order valence-corrected chi connectivity index (χ1v) is 21.9. The lowest BCUT2D eigenvalue weighted by atomic mass is 9.81. The zero-order valence-electron chi connectivity index (χ0n) is 33.6. The van der Waals surface area contributed by atoms with Crippen molar-refractivity contribution in [3.63, 3.8) is 0 Å². The molecule has 0 saturated heterocycles. The van der Waals surface area contributed by atoms with Crippen molar-refractivity contribution in [2.45, 2.75) is 88.9 Å². The molecule has 4 aliphatic carbocycles. The number of anilines is 3. The molecule has 3 unspecified atom stereocenters. The van der Waals surface area contributed by atoms with Gasteiger partial charge in [-0.3, -0.25) is 0 Å². The van der Waals surface area contributed by atoms with Gasteiger partial charge >= 0.3 is 0 Å². The van der Waals surface area contributed by atoms with Gasteiger partial charge in [-0.1, -0.05) is 149 Å². The van der Waals surface area contributed by atoms with Crippen LogP contribution in [-0.2, 0) is 5.41 Å². The lowest BCUT2D eigenvalue weighted by Gasteiger charge is -2.30. The van der Waals surface area contributed by atoms with Crippen LogP contribution in [0.15, 0.2) is 152 Å². The fourth-order valence-electron chi connectivity index (χ4n) is 11.7. The van der Waals surface area contributed by atoms with E-state index in [1.807, 2.05) is 0 Å². The predicted molar refractivity (Wildman–Crippen MR) is 241 cm³/mol. The molecule has 0 heterocycles. The van der Waals surface area contributed by atoms with Crippen molar-refractivity contribution in [1.82, 2.24) is 0 Å². The number of hydrogen-bond donors (Lipinski definition) is 0. The van der Waals surface area contributed by atoms with E-state index < -0.39 is 0 Å². The summed E-state index contributed by atoms with van der Waals surface area (Å²) in [6.07, 6.45) is 12.4. The lowest BCUT2D eigenvalue weighted by Crippen LogP contribution is -2.17. The molecule has 7 aromatic carbocycles. The van der Waals surface area contributed by atoms with Crippen molar-refractivity contribution in [3.05, 3.63) is 174 Å². The van der Waals surface area contributed by atoms with Gasteiger partial charge < -0.3 is 4.90 Å². The van der Waals surface area contributed by atoms with Crippen LogP contribution in [0.3, 0.4) is 0 Å². The predicted octanol–water partition coefficient (Wildman–Crippen LogP) is 15.9. The second-order valence-electron chi connectivity index (χ2n) is 18.4. The normalized spacial score (nSPS) is 20.8. The molecule has 2 bridgehead atoms. The molecule has 57 heavy (non-hydrogen) atoms. The highest BCUT2D eigenvalue weighted by atomic mass is 15.1.